The van der Waals surface area contributed by atoms with Crippen molar-refractivity contribution < 1.29 is 18.0 Å². The lowest BCUT2D eigenvalue weighted by Crippen LogP contribution is -2.42. The zero-order valence-corrected chi connectivity index (χ0v) is 14.5. The number of amides is 1. The molecule has 146 valence electrons. The summed E-state index contributed by atoms with van der Waals surface area (Å²) in [5, 5.41) is 2.98. The van der Waals surface area contributed by atoms with Gasteiger partial charge in [0.1, 0.15) is 0 Å². The molecular weight excluding hydrogens is 363 g/mol. The van der Waals surface area contributed by atoms with Crippen molar-refractivity contribution in [3.63, 3.8) is 0 Å². The van der Waals surface area contributed by atoms with Crippen molar-refractivity contribution in [2.75, 3.05) is 0 Å². The quantitative estimate of drug-likeness (QED) is 0.850. The third-order valence-corrected chi connectivity index (χ3v) is 4.97. The summed E-state index contributed by atoms with van der Waals surface area (Å²) in [5.41, 5.74) is -0.716. The van der Waals surface area contributed by atoms with E-state index in [-0.39, 0.29) is 25.8 Å². The Balaban J connectivity index is 1.66. The normalized spacial score (nSPS) is 20.6. The lowest BCUT2D eigenvalue weighted by Gasteiger charge is -2.31. The monoisotopic (exact) mass is 383 g/mol. The highest BCUT2D eigenvalue weighted by atomic mass is 19.4. The number of carbonyl (C=O) groups excluding carboxylic acids is 1. The second-order valence-electron chi connectivity index (χ2n) is 6.85. The number of benzene rings is 1. The van der Waals surface area contributed by atoms with E-state index in [4.69, 9.17) is 0 Å². The van der Waals surface area contributed by atoms with Gasteiger partial charge in [-0.15, -0.1) is 0 Å². The molecule has 0 bridgehead atoms. The van der Waals surface area contributed by atoms with Crippen LogP contribution in [-0.2, 0) is 11.3 Å². The van der Waals surface area contributed by atoms with Crippen molar-refractivity contribution in [3.05, 3.63) is 45.1 Å². The Morgan fingerprint density at radius 1 is 1.22 bits per heavy atom. The van der Waals surface area contributed by atoms with Crippen LogP contribution in [0.1, 0.15) is 32.1 Å². The number of para-hydroxylation sites is 1. The van der Waals surface area contributed by atoms with Gasteiger partial charge in [0.25, 0.3) is 5.56 Å². The number of alkyl halides is 3. The number of aromatic nitrogens is 2. The van der Waals surface area contributed by atoms with Crippen molar-refractivity contribution in [2.24, 2.45) is 5.92 Å². The van der Waals surface area contributed by atoms with Gasteiger partial charge in [-0.05, 0) is 31.4 Å². The number of hydrogen-bond donors (Lipinski definition) is 2. The molecule has 0 spiro atoms. The Labute approximate surface area is 152 Å². The summed E-state index contributed by atoms with van der Waals surface area (Å²) in [6.45, 7) is 0.0252. The second kappa shape index (κ2) is 7.58. The smallest absolute Gasteiger partial charge is 0.353 e. The van der Waals surface area contributed by atoms with Crippen molar-refractivity contribution >= 4 is 16.8 Å². The summed E-state index contributed by atoms with van der Waals surface area (Å²) in [7, 11) is 0. The first kappa shape index (κ1) is 19.2. The molecule has 2 atom stereocenters. The number of fused-ring (bicyclic) bond motifs is 1. The Hall–Kier alpha value is -2.58. The minimum atomic E-state index is -4.24. The van der Waals surface area contributed by atoms with Crippen molar-refractivity contribution in [2.45, 2.75) is 50.9 Å². The number of aryl methyl sites for hydroxylation is 1. The van der Waals surface area contributed by atoms with Gasteiger partial charge in [-0.1, -0.05) is 18.6 Å². The van der Waals surface area contributed by atoms with Crippen LogP contribution in [0.5, 0.6) is 0 Å². The molecule has 6 nitrogen and oxygen atoms in total. The fourth-order valence-electron chi connectivity index (χ4n) is 3.60. The molecular formula is C18H20F3N3O3. The summed E-state index contributed by atoms with van der Waals surface area (Å²) in [5.74, 6) is -1.80. The van der Waals surface area contributed by atoms with E-state index in [1.165, 1.54) is 4.57 Å². The van der Waals surface area contributed by atoms with Gasteiger partial charge < -0.3 is 5.32 Å². The fraction of sp³-hybridized carbons (Fsp3) is 0.500. The Bertz CT molecular complexity index is 948. The first-order valence-electron chi connectivity index (χ1n) is 8.83. The Morgan fingerprint density at radius 3 is 2.70 bits per heavy atom. The molecule has 0 saturated heterocycles. The van der Waals surface area contributed by atoms with E-state index in [1.54, 1.807) is 24.3 Å². The van der Waals surface area contributed by atoms with Gasteiger partial charge >= 0.3 is 11.9 Å². The van der Waals surface area contributed by atoms with Crippen LogP contribution in [0.15, 0.2) is 33.9 Å². The summed E-state index contributed by atoms with van der Waals surface area (Å²) in [4.78, 5) is 38.3. The minimum Gasteiger partial charge on any atom is -0.353 e. The molecule has 1 aliphatic rings. The van der Waals surface area contributed by atoms with Crippen LogP contribution >= 0.6 is 0 Å². The molecule has 1 aliphatic carbocycles. The van der Waals surface area contributed by atoms with E-state index in [2.05, 4.69) is 10.3 Å². The molecule has 0 unspecified atom stereocenters. The maximum Gasteiger partial charge on any atom is 0.391 e. The fourth-order valence-corrected chi connectivity index (χ4v) is 3.60. The van der Waals surface area contributed by atoms with Crippen molar-refractivity contribution in [1.82, 2.24) is 14.9 Å². The van der Waals surface area contributed by atoms with Crippen LogP contribution in [0, 0.1) is 5.92 Å². The number of H-pyrrole nitrogens is 1. The zero-order chi connectivity index (χ0) is 19.6. The maximum atomic E-state index is 12.9. The van der Waals surface area contributed by atoms with Gasteiger partial charge in [0, 0.05) is 19.0 Å². The van der Waals surface area contributed by atoms with Gasteiger partial charge in [0.05, 0.1) is 16.8 Å². The summed E-state index contributed by atoms with van der Waals surface area (Å²) in [6, 6.07) is 6.01. The molecule has 1 fully saturated rings. The number of aromatic amines is 1. The van der Waals surface area contributed by atoms with Crippen LogP contribution in [0.2, 0.25) is 0 Å². The van der Waals surface area contributed by atoms with Gasteiger partial charge in [-0.3, -0.25) is 19.1 Å². The number of nitrogens with zero attached hydrogens (tertiary/aromatic N) is 1. The number of hydrogen-bond acceptors (Lipinski definition) is 3. The predicted molar refractivity (Wildman–Crippen MR) is 93.4 cm³/mol. The van der Waals surface area contributed by atoms with Crippen LogP contribution in [0.25, 0.3) is 10.9 Å². The first-order chi connectivity index (χ1) is 12.8. The number of carbonyl (C=O) groups is 1. The zero-order valence-electron chi connectivity index (χ0n) is 14.5. The summed E-state index contributed by atoms with van der Waals surface area (Å²) < 4.78 is 39.9. The minimum absolute atomic E-state index is 0.0252. The summed E-state index contributed by atoms with van der Waals surface area (Å²) >= 11 is 0. The van der Waals surface area contributed by atoms with E-state index in [9.17, 15) is 27.6 Å². The lowest BCUT2D eigenvalue weighted by molar-refractivity contribution is -0.184. The molecule has 1 aromatic heterocycles. The molecule has 1 aromatic carbocycles. The molecule has 3 rings (SSSR count). The van der Waals surface area contributed by atoms with Gasteiger partial charge in [0.15, 0.2) is 0 Å². The average molecular weight is 383 g/mol. The van der Waals surface area contributed by atoms with Crippen LogP contribution in [-0.4, -0.2) is 27.7 Å². The van der Waals surface area contributed by atoms with E-state index in [1.807, 2.05) is 0 Å². The highest BCUT2D eigenvalue weighted by molar-refractivity contribution is 5.79. The molecule has 1 saturated carbocycles. The summed E-state index contributed by atoms with van der Waals surface area (Å²) in [6.07, 6.45) is -3.40. The van der Waals surface area contributed by atoms with Crippen LogP contribution in [0.4, 0.5) is 13.2 Å². The van der Waals surface area contributed by atoms with Crippen LogP contribution in [0.3, 0.4) is 0 Å². The van der Waals surface area contributed by atoms with Gasteiger partial charge in [-0.2, -0.15) is 13.2 Å². The number of halogens is 3. The average Bonchev–Trinajstić information content (AvgIpc) is 2.61. The second-order valence-corrected chi connectivity index (χ2v) is 6.85. The van der Waals surface area contributed by atoms with E-state index >= 15 is 0 Å². The molecule has 2 aromatic rings. The molecule has 2 N–H and O–H groups in total. The molecule has 27 heavy (non-hydrogen) atoms. The standard InChI is InChI=1S/C18H20F3N3O3/c19-18(20,21)11-4-3-5-12(10-11)22-15(25)8-9-24-14-7-2-1-6-13(14)16(26)23-17(24)27/h1-2,6-7,11-12H,3-5,8-10H2,(H,22,25)(H,23,26,27)/t11-,12-/m1/s1. The third kappa shape index (κ3) is 4.40. The maximum absolute atomic E-state index is 12.9. The van der Waals surface area contributed by atoms with Gasteiger partial charge in [0.2, 0.25) is 5.91 Å². The molecule has 1 heterocycles. The third-order valence-electron chi connectivity index (χ3n) is 4.97. The lowest BCUT2D eigenvalue weighted by atomic mass is 9.85. The predicted octanol–water partition coefficient (Wildman–Crippen LogP) is 2.32. The van der Waals surface area contributed by atoms with E-state index < -0.39 is 35.3 Å². The van der Waals surface area contributed by atoms with Gasteiger partial charge in [-0.25, -0.2) is 4.79 Å². The van der Waals surface area contributed by atoms with Crippen molar-refractivity contribution in [1.29, 1.82) is 0 Å². The Morgan fingerprint density at radius 2 is 1.96 bits per heavy atom. The van der Waals surface area contributed by atoms with E-state index in [0.29, 0.717) is 23.7 Å². The molecule has 0 aliphatic heterocycles. The molecule has 0 radical (unpaired) electrons. The highest BCUT2D eigenvalue weighted by Gasteiger charge is 2.42. The highest BCUT2D eigenvalue weighted by Crippen LogP contribution is 2.37. The number of rotatable bonds is 4. The van der Waals surface area contributed by atoms with Crippen LogP contribution < -0.4 is 16.6 Å². The Kier molecular flexibility index (Phi) is 5.38. The SMILES string of the molecule is O=C(CCn1c(=O)[nH]c(=O)c2ccccc21)N[C@@H]1CCC[C@@H](C(F)(F)F)C1. The number of nitrogens with one attached hydrogen (secondary N) is 2. The largest absolute Gasteiger partial charge is 0.391 e. The first-order valence-corrected chi connectivity index (χ1v) is 8.83. The topological polar surface area (TPSA) is 84.0 Å². The molecule has 1 amide bonds. The van der Waals surface area contributed by atoms with Crippen molar-refractivity contribution in [3.8, 4) is 0 Å². The van der Waals surface area contributed by atoms with E-state index in [0.717, 1.165) is 0 Å². The molecule has 9 heteroatoms.